The van der Waals surface area contributed by atoms with E-state index >= 15 is 0 Å². The summed E-state index contributed by atoms with van der Waals surface area (Å²) >= 11 is 1.18. The number of hydrogen-bond acceptors (Lipinski definition) is 5. The van der Waals surface area contributed by atoms with Gasteiger partial charge in [0.1, 0.15) is 6.54 Å². The van der Waals surface area contributed by atoms with Crippen LogP contribution in [0, 0.1) is 0 Å². The number of hydrogen-bond donors (Lipinski definition) is 1. The van der Waals surface area contributed by atoms with E-state index in [0.717, 1.165) is 22.9 Å². The average molecular weight is 346 g/mol. The first kappa shape index (κ1) is 16.6. The highest BCUT2D eigenvalue weighted by atomic mass is 32.2. The Balaban J connectivity index is 1.63. The Morgan fingerprint density at radius 2 is 2.21 bits per heavy atom. The first-order valence-electron chi connectivity index (χ1n) is 7.79. The average Bonchev–Trinajstić information content (AvgIpc) is 3.19. The molecule has 2 aromatic rings. The molecular formula is C17H18N2O4S. The molecule has 1 aliphatic heterocycles. The van der Waals surface area contributed by atoms with Gasteiger partial charge in [0.25, 0.3) is 5.24 Å². The lowest BCUT2D eigenvalue weighted by Crippen LogP contribution is -2.31. The van der Waals surface area contributed by atoms with Crippen LogP contribution in [0.3, 0.4) is 0 Å². The van der Waals surface area contributed by atoms with Gasteiger partial charge in [-0.25, -0.2) is 0 Å². The smallest absolute Gasteiger partial charge is 0.326 e. The molecular weight excluding hydrogens is 328 g/mol. The van der Waals surface area contributed by atoms with Crippen LogP contribution in [0.5, 0.6) is 0 Å². The maximum Gasteiger partial charge on any atom is 0.326 e. The molecule has 0 radical (unpaired) electrons. The Labute approximate surface area is 143 Å². The van der Waals surface area contributed by atoms with Crippen molar-refractivity contribution >= 4 is 39.7 Å². The zero-order chi connectivity index (χ0) is 17.1. The molecule has 0 bridgehead atoms. The Bertz CT molecular complexity index is 799. The van der Waals surface area contributed by atoms with Gasteiger partial charge in [-0.05, 0) is 12.0 Å². The Hall–Kier alpha value is -2.28. The fourth-order valence-corrected chi connectivity index (χ4v) is 3.56. The van der Waals surface area contributed by atoms with Crippen LogP contribution in [0.2, 0.25) is 0 Å². The van der Waals surface area contributed by atoms with Crippen molar-refractivity contribution in [2.45, 2.75) is 13.3 Å². The third-order valence-electron chi connectivity index (χ3n) is 4.01. The number of aryl methyl sites for hydroxylation is 1. The second-order valence-electron chi connectivity index (χ2n) is 5.52. The monoisotopic (exact) mass is 346 g/mol. The lowest BCUT2D eigenvalue weighted by Gasteiger charge is -2.13. The number of nitrogens with zero attached hydrogens (tertiary/aromatic N) is 1. The van der Waals surface area contributed by atoms with Gasteiger partial charge < -0.3 is 14.6 Å². The molecule has 0 atom stereocenters. The minimum absolute atomic E-state index is 0.104. The van der Waals surface area contributed by atoms with E-state index in [-0.39, 0.29) is 24.2 Å². The third-order valence-corrected chi connectivity index (χ3v) is 4.90. The first-order chi connectivity index (χ1) is 11.6. The molecule has 0 aliphatic carbocycles. The van der Waals surface area contributed by atoms with Crippen molar-refractivity contribution in [3.8, 4) is 0 Å². The summed E-state index contributed by atoms with van der Waals surface area (Å²) in [6.07, 6.45) is 2.52. The fourth-order valence-electron chi connectivity index (χ4n) is 2.74. The minimum Gasteiger partial charge on any atom is -0.456 e. The van der Waals surface area contributed by atoms with Crippen LogP contribution in [-0.2, 0) is 16.0 Å². The molecule has 2 heterocycles. The normalized spacial score (nSPS) is 14.4. The lowest BCUT2D eigenvalue weighted by molar-refractivity contribution is -0.142. The van der Waals surface area contributed by atoms with E-state index in [1.807, 2.05) is 18.2 Å². The number of rotatable bonds is 6. The molecule has 1 aromatic carbocycles. The summed E-state index contributed by atoms with van der Waals surface area (Å²) in [7, 11) is 0. The summed E-state index contributed by atoms with van der Waals surface area (Å²) in [5.41, 5.74) is 2.59. The van der Waals surface area contributed by atoms with Crippen LogP contribution >= 0.6 is 11.8 Å². The van der Waals surface area contributed by atoms with Crippen molar-refractivity contribution in [3.63, 3.8) is 0 Å². The van der Waals surface area contributed by atoms with E-state index in [1.54, 1.807) is 6.20 Å². The van der Waals surface area contributed by atoms with Crippen LogP contribution < -0.4 is 0 Å². The molecule has 24 heavy (non-hydrogen) atoms. The standard InChI is InChI=1S/C17H18N2O4S/c1-2-11-4-3-5-12-13(8-18-16(11)12)14(20)10-23-15(21)9-19-6-7-24-17(19)22/h3-5,8,18H,2,6-7,9-10H2,1H3. The Morgan fingerprint density at radius 1 is 1.38 bits per heavy atom. The number of fused-ring (bicyclic) bond motifs is 1. The zero-order valence-electron chi connectivity index (χ0n) is 13.3. The molecule has 1 amide bonds. The number of aromatic amines is 1. The maximum atomic E-state index is 12.3. The topological polar surface area (TPSA) is 79.5 Å². The Kier molecular flexibility index (Phi) is 4.89. The largest absolute Gasteiger partial charge is 0.456 e. The molecule has 1 fully saturated rings. The molecule has 0 saturated carbocycles. The number of Topliss-reactive ketones (excluding diaryl/α,β-unsaturated/α-hetero) is 1. The maximum absolute atomic E-state index is 12.3. The molecule has 1 saturated heterocycles. The lowest BCUT2D eigenvalue weighted by atomic mass is 10.1. The van der Waals surface area contributed by atoms with E-state index in [9.17, 15) is 14.4 Å². The summed E-state index contributed by atoms with van der Waals surface area (Å²) < 4.78 is 5.04. The van der Waals surface area contributed by atoms with Gasteiger partial charge in [0.2, 0.25) is 5.78 Å². The fraction of sp³-hybridized carbons (Fsp3) is 0.353. The number of ether oxygens (including phenoxy) is 1. The Morgan fingerprint density at radius 3 is 2.92 bits per heavy atom. The number of benzene rings is 1. The number of ketones is 1. The zero-order valence-corrected chi connectivity index (χ0v) is 14.1. The SMILES string of the molecule is CCc1cccc2c(C(=O)COC(=O)CN3CCSC3=O)c[nH]c12. The number of amides is 1. The highest BCUT2D eigenvalue weighted by Gasteiger charge is 2.24. The predicted octanol–water partition coefficient (Wildman–Crippen LogP) is 2.63. The molecule has 1 aromatic heterocycles. The molecule has 0 spiro atoms. The van der Waals surface area contributed by atoms with Crippen LogP contribution in [0.4, 0.5) is 4.79 Å². The summed E-state index contributed by atoms with van der Waals surface area (Å²) in [4.78, 5) is 40.1. The molecule has 0 unspecified atom stereocenters. The number of carbonyl (C=O) groups excluding carboxylic acids is 3. The van der Waals surface area contributed by atoms with E-state index in [0.29, 0.717) is 17.9 Å². The summed E-state index contributed by atoms with van der Waals surface area (Å²) in [6, 6.07) is 5.80. The van der Waals surface area contributed by atoms with E-state index < -0.39 is 5.97 Å². The number of H-pyrrole nitrogens is 1. The molecule has 1 aliphatic rings. The number of thioether (sulfide) groups is 1. The molecule has 3 rings (SSSR count). The third kappa shape index (κ3) is 3.31. The highest BCUT2D eigenvalue weighted by molar-refractivity contribution is 8.13. The predicted molar refractivity (Wildman–Crippen MR) is 92.4 cm³/mol. The molecule has 126 valence electrons. The van der Waals surface area contributed by atoms with Gasteiger partial charge in [-0.1, -0.05) is 36.9 Å². The van der Waals surface area contributed by atoms with Gasteiger partial charge in [0.15, 0.2) is 6.61 Å². The number of nitrogens with one attached hydrogen (secondary N) is 1. The second kappa shape index (κ2) is 7.09. The van der Waals surface area contributed by atoms with Crippen molar-refractivity contribution in [2.24, 2.45) is 0 Å². The van der Waals surface area contributed by atoms with Gasteiger partial charge in [0, 0.05) is 35.0 Å². The van der Waals surface area contributed by atoms with Gasteiger partial charge in [-0.15, -0.1) is 0 Å². The van der Waals surface area contributed by atoms with Crippen LogP contribution in [0.15, 0.2) is 24.4 Å². The van der Waals surface area contributed by atoms with Crippen molar-refractivity contribution in [1.82, 2.24) is 9.88 Å². The van der Waals surface area contributed by atoms with E-state index in [4.69, 9.17) is 4.74 Å². The number of para-hydroxylation sites is 1. The quantitative estimate of drug-likeness (QED) is 0.642. The van der Waals surface area contributed by atoms with Gasteiger partial charge >= 0.3 is 5.97 Å². The van der Waals surface area contributed by atoms with Crippen molar-refractivity contribution in [2.75, 3.05) is 25.4 Å². The van der Waals surface area contributed by atoms with Gasteiger partial charge in [-0.3, -0.25) is 14.4 Å². The summed E-state index contributed by atoms with van der Waals surface area (Å²) in [6.45, 7) is 2.16. The minimum atomic E-state index is -0.562. The van der Waals surface area contributed by atoms with Crippen molar-refractivity contribution in [1.29, 1.82) is 0 Å². The molecule has 6 nitrogen and oxygen atoms in total. The second-order valence-corrected chi connectivity index (χ2v) is 6.56. The van der Waals surface area contributed by atoms with Crippen LogP contribution in [0.1, 0.15) is 22.8 Å². The summed E-state index contributed by atoms with van der Waals surface area (Å²) in [5.74, 6) is -0.140. The van der Waals surface area contributed by atoms with Crippen molar-refractivity contribution < 1.29 is 19.1 Å². The van der Waals surface area contributed by atoms with Gasteiger partial charge in [-0.2, -0.15) is 0 Å². The summed E-state index contributed by atoms with van der Waals surface area (Å²) in [5, 5.41) is 0.712. The van der Waals surface area contributed by atoms with E-state index in [1.165, 1.54) is 16.7 Å². The van der Waals surface area contributed by atoms with Crippen LogP contribution in [-0.4, -0.2) is 52.3 Å². The first-order valence-corrected chi connectivity index (χ1v) is 8.78. The van der Waals surface area contributed by atoms with E-state index in [2.05, 4.69) is 11.9 Å². The molecule has 7 heteroatoms. The van der Waals surface area contributed by atoms with Gasteiger partial charge in [0.05, 0.1) is 0 Å². The number of aromatic nitrogens is 1. The van der Waals surface area contributed by atoms with Crippen LogP contribution in [0.25, 0.3) is 10.9 Å². The van der Waals surface area contributed by atoms with Crippen molar-refractivity contribution in [3.05, 3.63) is 35.5 Å². The molecule has 1 N–H and O–H groups in total. The number of carbonyl (C=O) groups is 3. The number of esters is 1. The highest BCUT2D eigenvalue weighted by Crippen LogP contribution is 2.22.